The highest BCUT2D eigenvalue weighted by Gasteiger charge is 2.04. The quantitative estimate of drug-likeness (QED) is 0.454. The first-order chi connectivity index (χ1) is 5.79. The van der Waals surface area contributed by atoms with Gasteiger partial charge < -0.3 is 11.9 Å². The molecule has 0 aliphatic heterocycles. The van der Waals surface area contributed by atoms with E-state index in [0.29, 0.717) is 11.5 Å². The Morgan fingerprint density at radius 1 is 1.25 bits per heavy atom. The van der Waals surface area contributed by atoms with Crippen molar-refractivity contribution in [2.45, 2.75) is 6.92 Å². The molecule has 0 aromatic rings. The SMILES string of the molecule is C\C=C/C=C(OI)\C(=C/N)OI. The molecular formula is C7H9I2NO2. The summed E-state index contributed by atoms with van der Waals surface area (Å²) in [5.41, 5.74) is 5.29. The zero-order valence-electron chi connectivity index (χ0n) is 6.46. The highest BCUT2D eigenvalue weighted by Crippen LogP contribution is 2.17. The summed E-state index contributed by atoms with van der Waals surface area (Å²) in [6.45, 7) is 1.91. The van der Waals surface area contributed by atoms with Gasteiger partial charge in [0.1, 0.15) is 0 Å². The van der Waals surface area contributed by atoms with Crippen molar-refractivity contribution in [1.82, 2.24) is 0 Å². The fourth-order valence-corrected chi connectivity index (χ4v) is 1.20. The van der Waals surface area contributed by atoms with E-state index >= 15 is 0 Å². The Kier molecular flexibility index (Phi) is 7.77. The lowest BCUT2D eigenvalue weighted by Crippen LogP contribution is -1.93. The van der Waals surface area contributed by atoms with Crippen LogP contribution in [0.15, 0.2) is 35.9 Å². The van der Waals surface area contributed by atoms with E-state index in [0.717, 1.165) is 0 Å². The van der Waals surface area contributed by atoms with Gasteiger partial charge in [-0.2, -0.15) is 0 Å². The van der Waals surface area contributed by atoms with Crippen molar-refractivity contribution in [3.05, 3.63) is 35.9 Å². The fourth-order valence-electron chi connectivity index (χ4n) is 0.475. The van der Waals surface area contributed by atoms with Gasteiger partial charge >= 0.3 is 0 Å². The molecule has 0 fully saturated rings. The normalized spacial score (nSPS) is 13.6. The minimum atomic E-state index is 0.503. The summed E-state index contributed by atoms with van der Waals surface area (Å²) < 4.78 is 9.92. The van der Waals surface area contributed by atoms with Gasteiger partial charge in [-0.3, -0.25) is 0 Å². The van der Waals surface area contributed by atoms with Crippen LogP contribution in [0.1, 0.15) is 6.92 Å². The van der Waals surface area contributed by atoms with Crippen LogP contribution in [0.4, 0.5) is 0 Å². The summed E-state index contributed by atoms with van der Waals surface area (Å²) >= 11 is 3.51. The minimum absolute atomic E-state index is 0.503. The summed E-state index contributed by atoms with van der Waals surface area (Å²) in [5, 5.41) is 0. The maximum Gasteiger partial charge on any atom is 0.192 e. The van der Waals surface area contributed by atoms with Gasteiger partial charge in [-0.15, -0.1) is 0 Å². The van der Waals surface area contributed by atoms with Gasteiger partial charge in [0.2, 0.25) is 0 Å². The van der Waals surface area contributed by atoms with Gasteiger partial charge in [-0.1, -0.05) is 12.2 Å². The van der Waals surface area contributed by atoms with E-state index in [1.807, 2.05) is 19.1 Å². The van der Waals surface area contributed by atoms with Gasteiger partial charge in [0.25, 0.3) is 0 Å². The number of nitrogens with two attached hydrogens (primary N) is 1. The first kappa shape index (κ1) is 12.1. The molecule has 0 unspecified atom stereocenters. The van der Waals surface area contributed by atoms with Crippen LogP contribution < -0.4 is 5.73 Å². The third-order valence-corrected chi connectivity index (χ3v) is 1.95. The molecule has 0 aliphatic rings. The lowest BCUT2D eigenvalue weighted by molar-refractivity contribution is 0.471. The highest BCUT2D eigenvalue weighted by molar-refractivity contribution is 14.1. The Hall–Kier alpha value is 0.0800. The van der Waals surface area contributed by atoms with Crippen LogP contribution in [-0.2, 0) is 6.13 Å². The fraction of sp³-hybridized carbons (Fsp3) is 0.143. The van der Waals surface area contributed by atoms with Crippen LogP contribution in [-0.4, -0.2) is 0 Å². The van der Waals surface area contributed by atoms with Crippen molar-refractivity contribution in [1.29, 1.82) is 0 Å². The van der Waals surface area contributed by atoms with Gasteiger partial charge in [-0.05, 0) is 13.0 Å². The molecule has 0 spiro atoms. The maximum atomic E-state index is 5.29. The van der Waals surface area contributed by atoms with Crippen molar-refractivity contribution in [2.24, 2.45) is 5.73 Å². The Morgan fingerprint density at radius 3 is 2.17 bits per heavy atom. The van der Waals surface area contributed by atoms with Crippen LogP contribution in [0.25, 0.3) is 0 Å². The molecule has 0 aliphatic carbocycles. The van der Waals surface area contributed by atoms with Crippen molar-refractivity contribution < 1.29 is 6.13 Å². The first-order valence-electron chi connectivity index (χ1n) is 3.12. The molecule has 0 aromatic heterocycles. The van der Waals surface area contributed by atoms with Crippen molar-refractivity contribution >= 4 is 46.0 Å². The van der Waals surface area contributed by atoms with Gasteiger partial charge in [0.05, 0.1) is 0 Å². The standard InChI is InChI=1S/C7H9I2NO2/c1-2-3-4-6(11-8)7(5-10)12-9/h2-5H,10H2,1H3/b3-2-,6-4+,7-5+. The maximum absolute atomic E-state index is 5.29. The molecule has 0 rings (SSSR count). The second kappa shape index (κ2) is 7.71. The van der Waals surface area contributed by atoms with Crippen LogP contribution in [0.2, 0.25) is 0 Å². The Bertz CT molecular complexity index is 211. The third kappa shape index (κ3) is 4.19. The lowest BCUT2D eigenvalue weighted by atomic mass is 10.3. The molecule has 3 nitrogen and oxygen atoms in total. The number of hydrogen-bond acceptors (Lipinski definition) is 3. The molecule has 0 atom stereocenters. The van der Waals surface area contributed by atoms with E-state index in [2.05, 4.69) is 0 Å². The van der Waals surface area contributed by atoms with Gasteiger partial charge in [-0.25, -0.2) is 0 Å². The second-order valence-electron chi connectivity index (χ2n) is 1.74. The largest absolute Gasteiger partial charge is 0.424 e. The predicted octanol–water partition coefficient (Wildman–Crippen LogP) is 2.98. The average Bonchev–Trinajstić information content (AvgIpc) is 2.12. The molecule has 0 bridgehead atoms. The van der Waals surface area contributed by atoms with E-state index in [9.17, 15) is 0 Å². The second-order valence-corrected chi connectivity index (χ2v) is 2.62. The highest BCUT2D eigenvalue weighted by atomic mass is 127. The summed E-state index contributed by atoms with van der Waals surface area (Å²) in [5.74, 6) is 1.09. The van der Waals surface area contributed by atoms with E-state index in [1.165, 1.54) is 6.20 Å². The van der Waals surface area contributed by atoms with Crippen LogP contribution in [0.3, 0.4) is 0 Å². The zero-order chi connectivity index (χ0) is 9.40. The van der Waals surface area contributed by atoms with E-state index in [-0.39, 0.29) is 0 Å². The minimum Gasteiger partial charge on any atom is -0.424 e. The van der Waals surface area contributed by atoms with Gasteiger partial charge in [0, 0.05) is 6.20 Å². The molecule has 0 radical (unpaired) electrons. The van der Waals surface area contributed by atoms with Crippen LogP contribution >= 0.6 is 46.0 Å². The Balaban J connectivity index is 4.53. The number of allylic oxidation sites excluding steroid dienone is 3. The molecule has 2 N–H and O–H groups in total. The number of rotatable bonds is 4. The lowest BCUT2D eigenvalue weighted by Gasteiger charge is -2.03. The molecular weight excluding hydrogens is 384 g/mol. The van der Waals surface area contributed by atoms with E-state index in [1.54, 1.807) is 52.1 Å². The van der Waals surface area contributed by atoms with E-state index in [4.69, 9.17) is 11.9 Å². The van der Waals surface area contributed by atoms with Crippen LogP contribution in [0.5, 0.6) is 0 Å². The summed E-state index contributed by atoms with van der Waals surface area (Å²) in [6, 6.07) is 0. The van der Waals surface area contributed by atoms with Crippen LogP contribution in [0, 0.1) is 0 Å². The molecule has 12 heavy (non-hydrogen) atoms. The van der Waals surface area contributed by atoms with Crippen molar-refractivity contribution in [3.8, 4) is 0 Å². The Labute approximate surface area is 100 Å². The first-order valence-corrected chi connectivity index (χ1v) is 4.88. The molecule has 68 valence electrons. The topological polar surface area (TPSA) is 44.5 Å². The third-order valence-electron chi connectivity index (χ3n) is 1.00. The molecule has 0 heterocycles. The summed E-state index contributed by atoms with van der Waals surface area (Å²) in [7, 11) is 0. The summed E-state index contributed by atoms with van der Waals surface area (Å²) in [4.78, 5) is 0. The van der Waals surface area contributed by atoms with Crippen molar-refractivity contribution in [3.63, 3.8) is 0 Å². The number of hydrogen-bond donors (Lipinski definition) is 1. The van der Waals surface area contributed by atoms with Gasteiger partial charge in [0.15, 0.2) is 57.5 Å². The molecule has 0 aromatic carbocycles. The zero-order valence-corrected chi connectivity index (χ0v) is 10.8. The smallest absolute Gasteiger partial charge is 0.192 e. The molecule has 5 heteroatoms. The predicted molar refractivity (Wildman–Crippen MR) is 65.4 cm³/mol. The molecule has 0 saturated carbocycles. The average molecular weight is 393 g/mol. The molecule has 0 saturated heterocycles. The van der Waals surface area contributed by atoms with Crippen molar-refractivity contribution in [2.75, 3.05) is 0 Å². The monoisotopic (exact) mass is 393 g/mol. The molecule has 0 amide bonds. The Morgan fingerprint density at radius 2 is 1.83 bits per heavy atom. The van der Waals surface area contributed by atoms with E-state index < -0.39 is 0 Å². The number of halogens is 2. The summed E-state index contributed by atoms with van der Waals surface area (Å²) in [6.07, 6.45) is 6.84.